The number of carbonyl (C=O) groups excluding carboxylic acids is 1. The number of anilines is 1. The first-order valence-corrected chi connectivity index (χ1v) is 13.2. The first kappa shape index (κ1) is 29.3. The molecule has 0 aliphatic rings. The van der Waals surface area contributed by atoms with Gasteiger partial charge in [0.2, 0.25) is 16.8 Å². The number of carboxylic acids is 2. The third kappa shape index (κ3) is 6.56. The predicted octanol–water partition coefficient (Wildman–Crippen LogP) is 1.12. The van der Waals surface area contributed by atoms with Crippen LogP contribution in [0.4, 0.5) is 5.69 Å². The van der Waals surface area contributed by atoms with Crippen LogP contribution in [0.3, 0.4) is 0 Å². The number of amides is 1. The van der Waals surface area contributed by atoms with E-state index in [2.05, 4.69) is 20.0 Å². The van der Waals surface area contributed by atoms with Crippen LogP contribution in [0.5, 0.6) is 11.5 Å². The van der Waals surface area contributed by atoms with Gasteiger partial charge in [0.05, 0.1) is 29.4 Å². The quantitative estimate of drug-likeness (QED) is 0.0507. The topological polar surface area (TPSA) is 269 Å². The van der Waals surface area contributed by atoms with Crippen molar-refractivity contribution < 1.29 is 43.2 Å². The molecule has 42 heavy (non-hydrogen) atoms. The summed E-state index contributed by atoms with van der Waals surface area (Å²) in [5.41, 5.74) is 7.17. The number of H-pyrrole nitrogens is 1. The molecule has 3 aromatic carbocycles. The Kier molecular flexibility index (Phi) is 8.28. The van der Waals surface area contributed by atoms with Crippen molar-refractivity contribution >= 4 is 51.3 Å². The number of aliphatic carboxylic acids is 2. The Labute approximate surface area is 238 Å². The molecular weight excluding hydrogens is 572 g/mol. The van der Waals surface area contributed by atoms with Crippen molar-refractivity contribution in [3.8, 4) is 34.0 Å². The van der Waals surface area contributed by atoms with Crippen molar-refractivity contribution in [1.82, 2.24) is 15.3 Å². The highest BCUT2D eigenvalue weighted by atomic mass is 32.2. The number of imidazole rings is 1. The Morgan fingerprint density at radius 1 is 1.00 bits per heavy atom. The number of rotatable bonds is 11. The van der Waals surface area contributed by atoms with Gasteiger partial charge in [0.25, 0.3) is 0 Å². The smallest absolute Gasteiger partial charge is 0.326 e. The molecule has 4 aromatic rings. The summed E-state index contributed by atoms with van der Waals surface area (Å²) in [5.74, 6) is -4.63. The lowest BCUT2D eigenvalue weighted by Crippen LogP contribution is -2.42. The molecule has 0 radical (unpaired) electrons. The zero-order valence-electron chi connectivity index (χ0n) is 21.4. The largest absolute Gasteiger partial charge is 0.507 e. The number of aromatic amines is 1. The fraction of sp³-hybridized carbons (Fsp3) is 0.115. The molecule has 218 valence electrons. The molecule has 0 fully saturated rings. The molecule has 1 amide bonds. The van der Waals surface area contributed by atoms with E-state index in [1.165, 1.54) is 30.3 Å². The van der Waals surface area contributed by atoms with Crippen LogP contribution in [0, 0.1) is 5.41 Å². The van der Waals surface area contributed by atoms with Crippen molar-refractivity contribution in [3.63, 3.8) is 0 Å². The van der Waals surface area contributed by atoms with Gasteiger partial charge in [0.1, 0.15) is 29.2 Å². The highest BCUT2D eigenvalue weighted by Crippen LogP contribution is 2.43. The summed E-state index contributed by atoms with van der Waals surface area (Å²) < 4.78 is 24.6. The molecule has 0 aliphatic carbocycles. The lowest BCUT2D eigenvalue weighted by Gasteiger charge is -2.16. The fourth-order valence-electron chi connectivity index (χ4n) is 4.22. The number of hydrogen-bond donors (Lipinski definition) is 10. The highest BCUT2D eigenvalue weighted by Gasteiger charge is 2.24. The van der Waals surface area contributed by atoms with Crippen LogP contribution in [0.25, 0.3) is 33.5 Å². The zero-order valence-corrected chi connectivity index (χ0v) is 22.3. The van der Waals surface area contributed by atoms with Crippen LogP contribution in [-0.2, 0) is 31.7 Å². The summed E-state index contributed by atoms with van der Waals surface area (Å²) in [6.45, 7) is 0. The summed E-state index contributed by atoms with van der Waals surface area (Å²) in [5, 5.41) is 50.0. The average Bonchev–Trinajstić information content (AvgIpc) is 3.33. The molecule has 0 saturated heterocycles. The average molecular weight is 597 g/mol. The van der Waals surface area contributed by atoms with E-state index in [1.807, 2.05) is 0 Å². The first-order chi connectivity index (χ1) is 19.8. The summed E-state index contributed by atoms with van der Waals surface area (Å²) in [4.78, 5) is 42.7. The normalized spacial score (nSPS) is 11.7. The number of hydrogen-bond acceptors (Lipinski definition) is 9. The molecule has 15 nitrogen and oxygen atoms in total. The minimum atomic E-state index is -3.05. The predicted molar refractivity (Wildman–Crippen MR) is 151 cm³/mol. The number of carboxylic acid groups (broad SMARTS) is 2. The number of nitrogens with zero attached hydrogens (tertiary/aromatic N) is 1. The standard InChI is InChI=1S/C26H24N6O9S/c27-24(28)12-1-3-17-18(8-12)31-25(30-17)16-6-11(7-21(34)29-19(26(38)39)10-22(35)36)5-15(23(16)37)14-9-13(32-42(40)41)2-4-20(14)33/h1-6,8-9,19,33,37,42H,7,10H2,(H3,27,28)(H,29,34)(H,30,31)(H,35,36)(H,38,39)(H,32,40,41). The number of thiol groups is 1. The van der Waals surface area contributed by atoms with Crippen LogP contribution in [0.15, 0.2) is 48.5 Å². The zero-order chi connectivity index (χ0) is 30.7. The van der Waals surface area contributed by atoms with Gasteiger partial charge in [-0.3, -0.25) is 19.7 Å². The third-order valence-corrected chi connectivity index (χ3v) is 6.54. The van der Waals surface area contributed by atoms with Crippen LogP contribution < -0.4 is 15.8 Å². The van der Waals surface area contributed by atoms with Crippen molar-refractivity contribution in [3.05, 3.63) is 59.7 Å². The van der Waals surface area contributed by atoms with E-state index < -0.39 is 53.4 Å². The van der Waals surface area contributed by atoms with E-state index in [0.29, 0.717) is 16.6 Å². The number of phenols is 2. The molecule has 10 N–H and O–H groups in total. The number of benzene rings is 3. The van der Waals surface area contributed by atoms with Crippen molar-refractivity contribution in [2.45, 2.75) is 18.9 Å². The fourth-order valence-corrected chi connectivity index (χ4v) is 4.57. The van der Waals surface area contributed by atoms with Gasteiger partial charge in [-0.05, 0) is 54.1 Å². The number of amidine groups is 1. The lowest BCUT2D eigenvalue weighted by atomic mass is 9.95. The molecule has 4 rings (SSSR count). The molecule has 1 aromatic heterocycles. The lowest BCUT2D eigenvalue weighted by molar-refractivity contribution is -0.147. The van der Waals surface area contributed by atoms with E-state index in [-0.39, 0.29) is 45.4 Å². The van der Waals surface area contributed by atoms with Crippen LogP contribution >= 0.6 is 0 Å². The molecule has 0 saturated carbocycles. The second kappa shape index (κ2) is 11.8. The Balaban J connectivity index is 1.85. The number of nitrogens with one attached hydrogen (secondary N) is 4. The second-order valence-corrected chi connectivity index (χ2v) is 9.84. The Bertz CT molecular complexity index is 1820. The third-order valence-electron chi connectivity index (χ3n) is 6.10. The number of nitrogens with two attached hydrogens (primary N) is 1. The number of nitrogen functional groups attached to an aromatic ring is 1. The van der Waals surface area contributed by atoms with E-state index in [0.717, 1.165) is 0 Å². The van der Waals surface area contributed by atoms with E-state index in [4.69, 9.17) is 16.2 Å². The molecule has 1 unspecified atom stereocenters. The Morgan fingerprint density at radius 3 is 2.36 bits per heavy atom. The maximum absolute atomic E-state index is 12.8. The van der Waals surface area contributed by atoms with Crippen molar-refractivity contribution in [2.75, 3.05) is 4.72 Å². The van der Waals surface area contributed by atoms with Gasteiger partial charge in [-0.2, -0.15) is 0 Å². The summed E-state index contributed by atoms with van der Waals surface area (Å²) in [6, 6.07) is 9.53. The Morgan fingerprint density at radius 2 is 1.71 bits per heavy atom. The molecule has 0 spiro atoms. The van der Waals surface area contributed by atoms with Gasteiger partial charge in [-0.25, -0.2) is 18.2 Å². The van der Waals surface area contributed by atoms with Crippen LogP contribution in [0.1, 0.15) is 17.5 Å². The SMILES string of the molecule is N=C(N)c1ccc2[nH]c(-c3cc(CC(=O)NC(CC(=O)O)C(=O)O)cc(-c4cc(N[SH](=O)=O)ccc4O)c3O)nc2c1. The van der Waals surface area contributed by atoms with Gasteiger partial charge in [-0.1, -0.05) is 0 Å². The van der Waals surface area contributed by atoms with E-state index in [1.54, 1.807) is 18.2 Å². The van der Waals surface area contributed by atoms with Gasteiger partial charge < -0.3 is 36.5 Å². The molecule has 16 heteroatoms. The number of carbonyl (C=O) groups is 3. The Hall–Kier alpha value is -5.64. The van der Waals surface area contributed by atoms with Gasteiger partial charge in [-0.15, -0.1) is 0 Å². The van der Waals surface area contributed by atoms with Gasteiger partial charge in [0.15, 0.2) is 0 Å². The minimum absolute atomic E-state index is 0.0119. The van der Waals surface area contributed by atoms with Crippen LogP contribution in [-0.4, -0.2) is 68.5 Å². The monoisotopic (exact) mass is 596 g/mol. The molecule has 1 heterocycles. The van der Waals surface area contributed by atoms with Crippen molar-refractivity contribution in [2.24, 2.45) is 5.73 Å². The first-order valence-electron chi connectivity index (χ1n) is 12.0. The van der Waals surface area contributed by atoms with E-state index in [9.17, 15) is 38.1 Å². The van der Waals surface area contributed by atoms with E-state index >= 15 is 0 Å². The molecule has 1 atom stereocenters. The molecule has 0 aliphatic heterocycles. The highest BCUT2D eigenvalue weighted by molar-refractivity contribution is 7.73. The number of aromatic hydroxyl groups is 2. The van der Waals surface area contributed by atoms with Gasteiger partial charge in [0, 0.05) is 22.4 Å². The van der Waals surface area contributed by atoms with Crippen molar-refractivity contribution in [1.29, 1.82) is 5.41 Å². The molecule has 0 bridgehead atoms. The summed E-state index contributed by atoms with van der Waals surface area (Å²) in [7, 11) is -3.05. The number of phenolic OH excluding ortho intramolecular Hbond substituents is 2. The minimum Gasteiger partial charge on any atom is -0.507 e. The second-order valence-electron chi connectivity index (χ2n) is 9.10. The maximum atomic E-state index is 12.8. The van der Waals surface area contributed by atoms with Crippen LogP contribution in [0.2, 0.25) is 0 Å². The molecular formula is C26H24N6O9S. The summed E-state index contributed by atoms with van der Waals surface area (Å²) in [6.07, 6.45) is -1.33. The van der Waals surface area contributed by atoms with Gasteiger partial charge >= 0.3 is 11.9 Å². The number of aromatic nitrogens is 2. The summed E-state index contributed by atoms with van der Waals surface area (Å²) >= 11 is 0. The maximum Gasteiger partial charge on any atom is 0.326 e. The number of fused-ring (bicyclic) bond motifs is 1.